The molecule has 0 aliphatic carbocycles. The average Bonchev–Trinajstić information content (AvgIpc) is 3.30. The fraction of sp³-hybridized carbons (Fsp3) is 0.238. The lowest BCUT2D eigenvalue weighted by atomic mass is 10.1. The summed E-state index contributed by atoms with van der Waals surface area (Å²) in [5, 5.41) is 0. The van der Waals surface area contributed by atoms with Crippen molar-refractivity contribution in [1.82, 2.24) is 14.9 Å². The maximum Gasteiger partial charge on any atom is 0.223 e. The quantitative estimate of drug-likeness (QED) is 0.749. The number of carbonyl (C=O) groups is 1. The number of nitrogens with one attached hydrogen (secondary N) is 1. The van der Waals surface area contributed by atoms with Crippen molar-refractivity contribution < 1.29 is 13.9 Å². The molecule has 1 amide bonds. The number of hydrogen-bond acceptors (Lipinski definition) is 3. The number of ether oxygens (including phenoxy) is 1. The summed E-state index contributed by atoms with van der Waals surface area (Å²) < 4.78 is 19.4. The van der Waals surface area contributed by atoms with E-state index in [2.05, 4.69) is 9.97 Å². The van der Waals surface area contributed by atoms with Crippen molar-refractivity contribution >= 4 is 5.91 Å². The monoisotopic (exact) mass is 365 g/mol. The molecule has 2 aromatic carbocycles. The highest BCUT2D eigenvalue weighted by atomic mass is 19.1. The summed E-state index contributed by atoms with van der Waals surface area (Å²) in [6.45, 7) is 1.07. The summed E-state index contributed by atoms with van der Waals surface area (Å²) >= 11 is 0. The van der Waals surface area contributed by atoms with Crippen LogP contribution in [0.5, 0.6) is 5.75 Å². The van der Waals surface area contributed by atoms with Gasteiger partial charge in [0, 0.05) is 36.6 Å². The molecule has 0 saturated carbocycles. The summed E-state index contributed by atoms with van der Waals surface area (Å²) in [5.74, 6) is 1.23. The Kier molecular flexibility index (Phi) is 4.62. The zero-order valence-corrected chi connectivity index (χ0v) is 15.0. The van der Waals surface area contributed by atoms with Crippen LogP contribution in [0.2, 0.25) is 0 Å². The van der Waals surface area contributed by atoms with Gasteiger partial charge in [-0.2, -0.15) is 0 Å². The van der Waals surface area contributed by atoms with Gasteiger partial charge in [-0.3, -0.25) is 4.79 Å². The number of imidazole rings is 1. The van der Waals surface area contributed by atoms with Crippen molar-refractivity contribution in [3.63, 3.8) is 0 Å². The van der Waals surface area contributed by atoms with Crippen LogP contribution in [0.15, 0.2) is 54.7 Å². The van der Waals surface area contributed by atoms with Crippen molar-refractivity contribution in [2.24, 2.45) is 0 Å². The van der Waals surface area contributed by atoms with Gasteiger partial charge in [0.1, 0.15) is 17.4 Å². The average molecular weight is 365 g/mol. The van der Waals surface area contributed by atoms with Gasteiger partial charge in [0.2, 0.25) is 5.91 Å². The number of likely N-dealkylation sites (tertiary alicyclic amines) is 1. The highest BCUT2D eigenvalue weighted by molar-refractivity contribution is 5.79. The fourth-order valence-corrected chi connectivity index (χ4v) is 3.51. The number of benzene rings is 2. The first-order valence-electron chi connectivity index (χ1n) is 8.85. The third kappa shape index (κ3) is 3.43. The number of methoxy groups -OCH3 is 1. The lowest BCUT2D eigenvalue weighted by Crippen LogP contribution is -2.24. The zero-order valence-electron chi connectivity index (χ0n) is 15.0. The molecule has 0 bridgehead atoms. The standard InChI is InChI=1S/C21H20FN3O2/c1-27-19-9-5-2-6-14(19)12-25-13-15(10-20(25)26)21-23-11-18(24-21)16-7-3-4-8-17(16)22/h2-9,11,15H,10,12-13H2,1H3,(H,23,24)/t15-/m0/s1. The van der Waals surface area contributed by atoms with Gasteiger partial charge in [0.15, 0.2) is 0 Å². The van der Waals surface area contributed by atoms with Gasteiger partial charge in [-0.05, 0) is 18.2 Å². The van der Waals surface area contributed by atoms with Gasteiger partial charge < -0.3 is 14.6 Å². The van der Waals surface area contributed by atoms with Gasteiger partial charge in [-0.25, -0.2) is 9.37 Å². The SMILES string of the molecule is COc1ccccc1CN1C[C@@H](c2ncc(-c3ccccc3F)[nH]2)CC1=O. The first-order chi connectivity index (χ1) is 13.2. The minimum atomic E-state index is -0.298. The summed E-state index contributed by atoms with van der Waals surface area (Å²) in [7, 11) is 1.63. The van der Waals surface area contributed by atoms with E-state index in [9.17, 15) is 9.18 Å². The largest absolute Gasteiger partial charge is 0.496 e. The molecule has 0 spiro atoms. The fourth-order valence-electron chi connectivity index (χ4n) is 3.51. The Morgan fingerprint density at radius 2 is 2.00 bits per heavy atom. The molecule has 1 atom stereocenters. The van der Waals surface area contributed by atoms with Gasteiger partial charge in [-0.1, -0.05) is 30.3 Å². The van der Waals surface area contributed by atoms with Crippen molar-refractivity contribution in [3.8, 4) is 17.0 Å². The summed E-state index contributed by atoms with van der Waals surface area (Å²) in [5.41, 5.74) is 2.07. The number of para-hydroxylation sites is 1. The molecule has 1 aliphatic rings. The summed E-state index contributed by atoms with van der Waals surface area (Å²) in [4.78, 5) is 21.9. The van der Waals surface area contributed by atoms with Crippen LogP contribution in [0.25, 0.3) is 11.3 Å². The molecule has 1 fully saturated rings. The van der Waals surface area contributed by atoms with E-state index in [1.165, 1.54) is 6.07 Å². The van der Waals surface area contributed by atoms with Crippen LogP contribution < -0.4 is 4.74 Å². The van der Waals surface area contributed by atoms with Crippen LogP contribution in [0.4, 0.5) is 4.39 Å². The highest BCUT2D eigenvalue weighted by Crippen LogP contribution is 2.31. The number of H-pyrrole nitrogens is 1. The lowest BCUT2D eigenvalue weighted by Gasteiger charge is -2.18. The van der Waals surface area contributed by atoms with Crippen LogP contribution in [-0.4, -0.2) is 34.4 Å². The maximum absolute atomic E-state index is 14.0. The number of carbonyl (C=O) groups excluding carboxylic acids is 1. The van der Waals surface area contributed by atoms with Crippen LogP contribution >= 0.6 is 0 Å². The van der Waals surface area contributed by atoms with E-state index in [-0.39, 0.29) is 17.6 Å². The van der Waals surface area contributed by atoms with Gasteiger partial charge >= 0.3 is 0 Å². The molecule has 5 nitrogen and oxygen atoms in total. The van der Waals surface area contributed by atoms with E-state index in [1.807, 2.05) is 29.2 Å². The Morgan fingerprint density at radius 3 is 2.81 bits per heavy atom. The van der Waals surface area contributed by atoms with E-state index in [1.54, 1.807) is 31.5 Å². The summed E-state index contributed by atoms with van der Waals surface area (Å²) in [6.07, 6.45) is 2.01. The first kappa shape index (κ1) is 17.3. The number of aromatic amines is 1. The third-order valence-electron chi connectivity index (χ3n) is 4.91. The van der Waals surface area contributed by atoms with Crippen LogP contribution in [0.1, 0.15) is 23.7 Å². The van der Waals surface area contributed by atoms with Crippen molar-refractivity contribution in [2.45, 2.75) is 18.9 Å². The van der Waals surface area contributed by atoms with Crippen molar-refractivity contribution in [3.05, 3.63) is 71.9 Å². The Morgan fingerprint density at radius 1 is 1.22 bits per heavy atom. The number of halogens is 1. The lowest BCUT2D eigenvalue weighted by molar-refractivity contribution is -0.128. The second-order valence-electron chi connectivity index (χ2n) is 6.65. The predicted molar refractivity (Wildman–Crippen MR) is 99.8 cm³/mol. The smallest absolute Gasteiger partial charge is 0.223 e. The molecule has 0 radical (unpaired) electrons. The molecule has 3 aromatic rings. The predicted octanol–water partition coefficient (Wildman–Crippen LogP) is 3.74. The Balaban J connectivity index is 1.51. The second-order valence-corrected chi connectivity index (χ2v) is 6.65. The Bertz CT molecular complexity index is 969. The van der Waals surface area contributed by atoms with Gasteiger partial charge in [0.05, 0.1) is 19.0 Å². The first-order valence-corrected chi connectivity index (χ1v) is 8.85. The van der Waals surface area contributed by atoms with E-state index >= 15 is 0 Å². The number of aromatic nitrogens is 2. The van der Waals surface area contributed by atoms with E-state index < -0.39 is 0 Å². The minimum Gasteiger partial charge on any atom is -0.496 e. The number of hydrogen-bond donors (Lipinski definition) is 1. The topological polar surface area (TPSA) is 58.2 Å². The number of amides is 1. The third-order valence-corrected chi connectivity index (χ3v) is 4.91. The van der Waals surface area contributed by atoms with Crippen molar-refractivity contribution in [1.29, 1.82) is 0 Å². The molecule has 4 rings (SSSR count). The number of nitrogens with zero attached hydrogens (tertiary/aromatic N) is 2. The molecule has 0 unspecified atom stereocenters. The molecular weight excluding hydrogens is 345 g/mol. The molecule has 6 heteroatoms. The molecular formula is C21H20FN3O2. The van der Waals surface area contributed by atoms with Gasteiger partial charge in [-0.15, -0.1) is 0 Å². The number of rotatable bonds is 5. The molecule has 1 aliphatic heterocycles. The van der Waals surface area contributed by atoms with E-state index in [0.717, 1.165) is 11.3 Å². The van der Waals surface area contributed by atoms with Crippen molar-refractivity contribution in [2.75, 3.05) is 13.7 Å². The molecule has 2 heterocycles. The normalized spacial score (nSPS) is 16.7. The molecule has 1 aromatic heterocycles. The molecule has 1 saturated heterocycles. The highest BCUT2D eigenvalue weighted by Gasteiger charge is 2.32. The van der Waals surface area contributed by atoms with Crippen LogP contribution in [0.3, 0.4) is 0 Å². The van der Waals surface area contributed by atoms with E-state index in [0.29, 0.717) is 36.6 Å². The van der Waals surface area contributed by atoms with Crippen LogP contribution in [0, 0.1) is 5.82 Å². The van der Waals surface area contributed by atoms with E-state index in [4.69, 9.17) is 4.74 Å². The molecule has 27 heavy (non-hydrogen) atoms. The molecule has 1 N–H and O–H groups in total. The van der Waals surface area contributed by atoms with Crippen LogP contribution in [-0.2, 0) is 11.3 Å². The Hall–Kier alpha value is -3.15. The summed E-state index contributed by atoms with van der Waals surface area (Å²) in [6, 6.07) is 14.3. The zero-order chi connectivity index (χ0) is 18.8. The maximum atomic E-state index is 14.0. The minimum absolute atomic E-state index is 0.0345. The molecule has 138 valence electrons. The Labute approximate surface area is 156 Å². The second kappa shape index (κ2) is 7.23. The van der Waals surface area contributed by atoms with Gasteiger partial charge in [0.25, 0.3) is 0 Å².